The van der Waals surface area contributed by atoms with E-state index >= 15 is 0 Å². The van der Waals surface area contributed by atoms with Crippen LogP contribution < -0.4 is 0 Å². The van der Waals surface area contributed by atoms with Gasteiger partial charge in [0.25, 0.3) is 10.1 Å². The van der Waals surface area contributed by atoms with E-state index in [0.717, 1.165) is 44.9 Å². The topological polar surface area (TPSA) is 74.6 Å². The molecule has 1 unspecified atom stereocenters. The molecule has 1 atom stereocenters. The smallest absolute Gasteiger partial charge is 0.264 e. The van der Waals surface area contributed by atoms with Crippen LogP contribution in [0.15, 0.2) is 0 Å². The summed E-state index contributed by atoms with van der Waals surface area (Å²) in [7, 11) is -3.77. The van der Waals surface area contributed by atoms with Crippen LogP contribution in [0.25, 0.3) is 0 Å². The molecule has 0 aliphatic heterocycles. The number of aliphatic hydroxyl groups is 1. The molecule has 0 heterocycles. The minimum atomic E-state index is -3.77. The van der Waals surface area contributed by atoms with E-state index in [0.29, 0.717) is 6.42 Å². The quantitative estimate of drug-likeness (QED) is 0.402. The van der Waals surface area contributed by atoms with Gasteiger partial charge in [0, 0.05) is 0 Å². The molecule has 0 aliphatic carbocycles. The fraction of sp³-hybridized carbons (Fsp3) is 1.00. The normalized spacial score (nSPS) is 13.6. The van der Waals surface area contributed by atoms with Gasteiger partial charge in [-0.3, -0.25) is 4.55 Å². The third-order valence-corrected chi connectivity index (χ3v) is 4.12. The standard InChI is InChI=1S/C14H30O4S/c1-2-11-14(15)12-9-7-5-3-4-6-8-10-13-19(16,17)18/h14-15H,2-13H2,1H3,(H,16,17,18). The highest BCUT2D eigenvalue weighted by Crippen LogP contribution is 2.12. The minimum Gasteiger partial charge on any atom is -0.393 e. The molecule has 0 aromatic heterocycles. The van der Waals surface area contributed by atoms with E-state index in [1.165, 1.54) is 19.3 Å². The van der Waals surface area contributed by atoms with Crippen LogP contribution in [0, 0.1) is 0 Å². The number of rotatable bonds is 13. The highest BCUT2D eigenvalue weighted by molar-refractivity contribution is 7.85. The van der Waals surface area contributed by atoms with Crippen LogP contribution >= 0.6 is 0 Å². The molecule has 0 saturated carbocycles. The zero-order valence-electron chi connectivity index (χ0n) is 12.2. The van der Waals surface area contributed by atoms with Gasteiger partial charge in [-0.25, -0.2) is 0 Å². The second kappa shape index (κ2) is 11.7. The Morgan fingerprint density at radius 1 is 0.842 bits per heavy atom. The summed E-state index contributed by atoms with van der Waals surface area (Å²) in [5.74, 6) is -0.109. The number of aliphatic hydroxyl groups excluding tert-OH is 1. The van der Waals surface area contributed by atoms with E-state index in [2.05, 4.69) is 6.92 Å². The first-order valence-corrected chi connectivity index (χ1v) is 9.20. The van der Waals surface area contributed by atoms with Crippen molar-refractivity contribution in [1.82, 2.24) is 0 Å². The predicted molar refractivity (Wildman–Crippen MR) is 78.9 cm³/mol. The molecule has 19 heavy (non-hydrogen) atoms. The fourth-order valence-corrected chi connectivity index (χ4v) is 2.77. The Labute approximate surface area is 118 Å². The number of unbranched alkanes of at least 4 members (excludes halogenated alkanes) is 7. The Balaban J connectivity index is 3.15. The third-order valence-electron chi connectivity index (χ3n) is 3.31. The van der Waals surface area contributed by atoms with Crippen molar-refractivity contribution in [2.75, 3.05) is 5.75 Å². The monoisotopic (exact) mass is 294 g/mol. The van der Waals surface area contributed by atoms with E-state index in [1.807, 2.05) is 0 Å². The zero-order chi connectivity index (χ0) is 14.6. The molecule has 0 fully saturated rings. The highest BCUT2D eigenvalue weighted by atomic mass is 32.2. The van der Waals surface area contributed by atoms with Crippen molar-refractivity contribution >= 4 is 10.1 Å². The van der Waals surface area contributed by atoms with Gasteiger partial charge < -0.3 is 5.11 Å². The SMILES string of the molecule is CCCC(O)CCCCCCCCCCS(=O)(=O)O. The fourth-order valence-electron chi connectivity index (χ4n) is 2.20. The van der Waals surface area contributed by atoms with Gasteiger partial charge in [0.2, 0.25) is 0 Å². The van der Waals surface area contributed by atoms with E-state index < -0.39 is 10.1 Å². The lowest BCUT2D eigenvalue weighted by molar-refractivity contribution is 0.150. The van der Waals surface area contributed by atoms with Gasteiger partial charge in [-0.05, 0) is 19.3 Å². The molecule has 0 bridgehead atoms. The minimum absolute atomic E-state index is 0.109. The van der Waals surface area contributed by atoms with Crippen LogP contribution in [0.3, 0.4) is 0 Å². The van der Waals surface area contributed by atoms with Gasteiger partial charge in [0.1, 0.15) is 0 Å². The van der Waals surface area contributed by atoms with E-state index in [9.17, 15) is 13.5 Å². The lowest BCUT2D eigenvalue weighted by Gasteiger charge is -2.08. The van der Waals surface area contributed by atoms with Crippen molar-refractivity contribution in [1.29, 1.82) is 0 Å². The van der Waals surface area contributed by atoms with E-state index in [-0.39, 0.29) is 11.9 Å². The first-order valence-electron chi connectivity index (χ1n) is 7.59. The second-order valence-corrected chi connectivity index (χ2v) is 6.92. The van der Waals surface area contributed by atoms with Crippen LogP contribution in [-0.4, -0.2) is 29.9 Å². The van der Waals surface area contributed by atoms with Gasteiger partial charge in [-0.1, -0.05) is 58.3 Å². The Hall–Kier alpha value is -0.130. The van der Waals surface area contributed by atoms with Crippen molar-refractivity contribution in [3.8, 4) is 0 Å². The third kappa shape index (κ3) is 15.8. The maximum Gasteiger partial charge on any atom is 0.264 e. The maximum absolute atomic E-state index is 10.5. The van der Waals surface area contributed by atoms with Crippen LogP contribution in [0.5, 0.6) is 0 Å². The van der Waals surface area contributed by atoms with Crippen LogP contribution in [0.1, 0.15) is 77.6 Å². The number of hydrogen-bond donors (Lipinski definition) is 2. The lowest BCUT2D eigenvalue weighted by Crippen LogP contribution is -2.04. The summed E-state index contributed by atoms with van der Waals surface area (Å²) in [6, 6.07) is 0. The molecule has 0 amide bonds. The average molecular weight is 294 g/mol. The molecule has 4 nitrogen and oxygen atoms in total. The van der Waals surface area contributed by atoms with Gasteiger partial charge in [0.15, 0.2) is 0 Å². The molecule has 116 valence electrons. The van der Waals surface area contributed by atoms with Gasteiger partial charge in [-0.15, -0.1) is 0 Å². The molecule has 0 saturated heterocycles. The molecular weight excluding hydrogens is 264 g/mol. The summed E-state index contributed by atoms with van der Waals surface area (Å²) in [6.07, 6.45) is 11.0. The van der Waals surface area contributed by atoms with E-state index in [1.54, 1.807) is 0 Å². The van der Waals surface area contributed by atoms with Crippen LogP contribution in [-0.2, 0) is 10.1 Å². The van der Waals surface area contributed by atoms with Gasteiger partial charge in [-0.2, -0.15) is 8.42 Å². The molecule has 0 aliphatic rings. The predicted octanol–water partition coefficient (Wildman–Crippen LogP) is 3.55. The molecule has 0 rings (SSSR count). The van der Waals surface area contributed by atoms with Gasteiger partial charge in [0.05, 0.1) is 11.9 Å². The van der Waals surface area contributed by atoms with Gasteiger partial charge >= 0.3 is 0 Å². The molecule has 5 heteroatoms. The Bertz CT molecular complexity index is 288. The van der Waals surface area contributed by atoms with Crippen molar-refractivity contribution in [2.45, 2.75) is 83.7 Å². The zero-order valence-corrected chi connectivity index (χ0v) is 13.0. The molecule has 0 radical (unpaired) electrons. The largest absolute Gasteiger partial charge is 0.393 e. The Kier molecular flexibility index (Phi) is 11.6. The summed E-state index contributed by atoms with van der Waals surface area (Å²) >= 11 is 0. The van der Waals surface area contributed by atoms with Crippen LogP contribution in [0.4, 0.5) is 0 Å². The summed E-state index contributed by atoms with van der Waals surface area (Å²) in [5.41, 5.74) is 0. The Morgan fingerprint density at radius 3 is 1.79 bits per heavy atom. The van der Waals surface area contributed by atoms with Crippen LogP contribution in [0.2, 0.25) is 0 Å². The summed E-state index contributed by atoms with van der Waals surface area (Å²) in [4.78, 5) is 0. The van der Waals surface area contributed by atoms with Crippen molar-refractivity contribution < 1.29 is 18.1 Å². The van der Waals surface area contributed by atoms with Crippen molar-refractivity contribution in [3.05, 3.63) is 0 Å². The highest BCUT2D eigenvalue weighted by Gasteiger charge is 2.03. The lowest BCUT2D eigenvalue weighted by atomic mass is 10.0. The number of hydrogen-bond acceptors (Lipinski definition) is 3. The summed E-state index contributed by atoms with van der Waals surface area (Å²) < 4.78 is 29.5. The molecule has 0 aromatic rings. The summed E-state index contributed by atoms with van der Waals surface area (Å²) in [5, 5.41) is 9.55. The second-order valence-electron chi connectivity index (χ2n) is 5.35. The van der Waals surface area contributed by atoms with Crippen molar-refractivity contribution in [3.63, 3.8) is 0 Å². The molecule has 0 spiro atoms. The average Bonchev–Trinajstić information content (AvgIpc) is 2.30. The first-order chi connectivity index (χ1) is 8.95. The molecular formula is C14H30O4S. The summed E-state index contributed by atoms with van der Waals surface area (Å²) in [6.45, 7) is 2.09. The maximum atomic E-state index is 10.5. The Morgan fingerprint density at radius 2 is 1.32 bits per heavy atom. The van der Waals surface area contributed by atoms with E-state index in [4.69, 9.17) is 4.55 Å². The molecule has 0 aromatic carbocycles. The van der Waals surface area contributed by atoms with Crippen molar-refractivity contribution in [2.24, 2.45) is 0 Å². The molecule has 2 N–H and O–H groups in total. The first kappa shape index (κ1) is 18.9.